The fraction of sp³-hybridized carbons (Fsp3) is 0.725. The molecule has 1 unspecified atom stereocenters. The summed E-state index contributed by atoms with van der Waals surface area (Å²) >= 11 is 0. The summed E-state index contributed by atoms with van der Waals surface area (Å²) in [4.78, 5) is 37.9. The second-order valence-corrected chi connectivity index (χ2v) is 20.9. The summed E-state index contributed by atoms with van der Waals surface area (Å²) in [6.07, 6.45) is 84.7. The van der Waals surface area contributed by atoms with Crippen molar-refractivity contribution in [3.63, 3.8) is 0 Å². The van der Waals surface area contributed by atoms with E-state index in [2.05, 4.69) is 118 Å². The third-order valence-corrected chi connectivity index (χ3v) is 13.6. The van der Waals surface area contributed by atoms with Crippen LogP contribution in [0.25, 0.3) is 0 Å². The molecule has 0 bridgehead atoms. The molecule has 0 fully saturated rings. The van der Waals surface area contributed by atoms with Gasteiger partial charge in [-0.15, -0.1) is 0 Å². The number of carbonyl (C=O) groups excluding carboxylic acids is 3. The summed E-state index contributed by atoms with van der Waals surface area (Å²) in [5.74, 6) is -0.899. The summed E-state index contributed by atoms with van der Waals surface area (Å²) in [5.41, 5.74) is 0. The lowest BCUT2D eigenvalue weighted by atomic mass is 10.0. The van der Waals surface area contributed by atoms with E-state index in [0.29, 0.717) is 19.3 Å². The van der Waals surface area contributed by atoms with Crippen LogP contribution in [-0.2, 0) is 28.6 Å². The Labute approximate surface area is 464 Å². The third-order valence-electron chi connectivity index (χ3n) is 13.6. The van der Waals surface area contributed by atoms with E-state index >= 15 is 0 Å². The summed E-state index contributed by atoms with van der Waals surface area (Å²) in [6, 6.07) is 0. The molecule has 0 aliphatic heterocycles. The second kappa shape index (κ2) is 62.9. The zero-order valence-electron chi connectivity index (χ0n) is 49.3. The van der Waals surface area contributed by atoms with Crippen molar-refractivity contribution in [2.75, 3.05) is 13.2 Å². The Kier molecular flexibility index (Phi) is 59.8. The van der Waals surface area contributed by atoms with Gasteiger partial charge in [-0.1, -0.05) is 279 Å². The van der Waals surface area contributed by atoms with Crippen LogP contribution >= 0.6 is 0 Å². The molecule has 0 aliphatic carbocycles. The molecule has 430 valence electrons. The van der Waals surface area contributed by atoms with Gasteiger partial charge in [-0.05, 0) is 103 Å². The number of hydrogen-bond donors (Lipinski definition) is 0. The van der Waals surface area contributed by atoms with Crippen LogP contribution in [0.2, 0.25) is 0 Å². The van der Waals surface area contributed by atoms with Crippen molar-refractivity contribution in [2.45, 2.75) is 309 Å². The molecule has 6 heteroatoms. The quantitative estimate of drug-likeness (QED) is 0.0261. The van der Waals surface area contributed by atoms with Gasteiger partial charge in [-0.2, -0.15) is 0 Å². The molecule has 1 atom stereocenters. The topological polar surface area (TPSA) is 78.9 Å². The Morgan fingerprint density at radius 3 is 0.840 bits per heavy atom. The van der Waals surface area contributed by atoms with Gasteiger partial charge in [0.2, 0.25) is 0 Å². The lowest BCUT2D eigenvalue weighted by molar-refractivity contribution is -0.167. The van der Waals surface area contributed by atoms with Crippen LogP contribution in [0.4, 0.5) is 0 Å². The van der Waals surface area contributed by atoms with E-state index in [-0.39, 0.29) is 31.1 Å². The highest BCUT2D eigenvalue weighted by molar-refractivity contribution is 5.71. The molecule has 0 aromatic rings. The number of esters is 3. The number of unbranched alkanes of at least 4 members (excludes halogenated alkanes) is 30. The van der Waals surface area contributed by atoms with Gasteiger partial charge in [0.1, 0.15) is 13.2 Å². The Hall–Kier alpha value is -3.67. The molecule has 0 N–H and O–H groups in total. The van der Waals surface area contributed by atoms with Gasteiger partial charge in [0, 0.05) is 19.3 Å². The molecule has 0 radical (unpaired) electrons. The van der Waals surface area contributed by atoms with Gasteiger partial charge < -0.3 is 14.2 Å². The molecular weight excluding hydrogens is 925 g/mol. The number of carbonyl (C=O) groups is 3. The fourth-order valence-electron chi connectivity index (χ4n) is 8.83. The molecular formula is C69H118O6. The predicted molar refractivity (Wildman–Crippen MR) is 325 cm³/mol. The first-order valence-corrected chi connectivity index (χ1v) is 31.7. The highest BCUT2D eigenvalue weighted by Crippen LogP contribution is 2.16. The SMILES string of the molecule is CC/C=C\C/C=C\C/C=C\C/C=C\C/C=C\CCCCCCCCCCCCCCCCCCCC(=O)OCC(COC(=O)CCCCCCC)OC(=O)CCCCCCCC/C=C\C/C=C\C/C=C\CCCCC. The van der Waals surface area contributed by atoms with E-state index < -0.39 is 6.10 Å². The van der Waals surface area contributed by atoms with Gasteiger partial charge in [0.05, 0.1) is 0 Å². The van der Waals surface area contributed by atoms with E-state index in [1.165, 1.54) is 141 Å². The molecule has 0 saturated carbocycles. The second-order valence-electron chi connectivity index (χ2n) is 20.9. The lowest BCUT2D eigenvalue weighted by Gasteiger charge is -2.18. The maximum Gasteiger partial charge on any atom is 0.306 e. The van der Waals surface area contributed by atoms with Gasteiger partial charge in [0.15, 0.2) is 6.10 Å². The van der Waals surface area contributed by atoms with E-state index in [0.717, 1.165) is 122 Å². The lowest BCUT2D eigenvalue weighted by Crippen LogP contribution is -2.30. The summed E-state index contributed by atoms with van der Waals surface area (Å²) < 4.78 is 16.7. The summed E-state index contributed by atoms with van der Waals surface area (Å²) in [7, 11) is 0. The molecule has 0 aliphatic rings. The number of allylic oxidation sites excluding steroid dienone is 16. The average molecular weight is 1040 g/mol. The van der Waals surface area contributed by atoms with Crippen molar-refractivity contribution in [1.29, 1.82) is 0 Å². The van der Waals surface area contributed by atoms with Crippen LogP contribution in [0, 0.1) is 0 Å². The van der Waals surface area contributed by atoms with Gasteiger partial charge in [0.25, 0.3) is 0 Å². The molecule has 0 heterocycles. The third kappa shape index (κ3) is 61.1. The van der Waals surface area contributed by atoms with Crippen molar-refractivity contribution < 1.29 is 28.6 Å². The minimum Gasteiger partial charge on any atom is -0.462 e. The van der Waals surface area contributed by atoms with Crippen LogP contribution < -0.4 is 0 Å². The molecule has 75 heavy (non-hydrogen) atoms. The Morgan fingerprint density at radius 2 is 0.520 bits per heavy atom. The molecule has 0 aromatic heterocycles. The van der Waals surface area contributed by atoms with Crippen LogP contribution in [0.1, 0.15) is 303 Å². The van der Waals surface area contributed by atoms with Crippen molar-refractivity contribution in [3.05, 3.63) is 97.2 Å². The normalized spacial score (nSPS) is 12.7. The van der Waals surface area contributed by atoms with Crippen molar-refractivity contribution in [2.24, 2.45) is 0 Å². The largest absolute Gasteiger partial charge is 0.462 e. The highest BCUT2D eigenvalue weighted by Gasteiger charge is 2.19. The zero-order chi connectivity index (χ0) is 54.3. The minimum atomic E-state index is -0.779. The van der Waals surface area contributed by atoms with Gasteiger partial charge in [-0.25, -0.2) is 0 Å². The average Bonchev–Trinajstić information content (AvgIpc) is 3.41. The van der Waals surface area contributed by atoms with Crippen molar-refractivity contribution >= 4 is 17.9 Å². The van der Waals surface area contributed by atoms with E-state index in [1.54, 1.807) is 0 Å². The summed E-state index contributed by atoms with van der Waals surface area (Å²) in [5, 5.41) is 0. The number of hydrogen-bond acceptors (Lipinski definition) is 6. The molecule has 0 amide bonds. The monoisotopic (exact) mass is 1040 g/mol. The summed E-state index contributed by atoms with van der Waals surface area (Å²) in [6.45, 7) is 6.42. The maximum absolute atomic E-state index is 12.8. The fourth-order valence-corrected chi connectivity index (χ4v) is 8.83. The first-order chi connectivity index (χ1) is 37.0. The smallest absolute Gasteiger partial charge is 0.306 e. The predicted octanol–water partition coefficient (Wildman–Crippen LogP) is 21.7. The maximum atomic E-state index is 12.8. The molecule has 0 rings (SSSR count). The van der Waals surface area contributed by atoms with Crippen LogP contribution in [0.3, 0.4) is 0 Å². The van der Waals surface area contributed by atoms with Crippen LogP contribution in [-0.4, -0.2) is 37.2 Å². The Bertz CT molecular complexity index is 1480. The van der Waals surface area contributed by atoms with Gasteiger partial charge in [-0.3, -0.25) is 14.4 Å². The zero-order valence-corrected chi connectivity index (χ0v) is 49.3. The van der Waals surface area contributed by atoms with E-state index in [9.17, 15) is 14.4 Å². The first-order valence-electron chi connectivity index (χ1n) is 31.7. The number of ether oxygens (including phenoxy) is 3. The van der Waals surface area contributed by atoms with Gasteiger partial charge >= 0.3 is 17.9 Å². The molecule has 0 spiro atoms. The van der Waals surface area contributed by atoms with E-state index in [4.69, 9.17) is 14.2 Å². The molecule has 0 aromatic carbocycles. The standard InChI is InChI=1S/C69H118O6/c1-4-7-10-13-15-17-19-21-23-25-27-28-29-30-31-32-33-34-35-36-37-38-39-40-42-43-45-47-49-51-53-56-59-62-68(71)74-65-66(64-73-67(70)61-58-55-12-9-6-3)75-69(72)63-60-57-54-52-50-48-46-44-41-26-24-22-20-18-16-14-11-8-5-2/h7,10,15-18,21-24,27-28,30-31,41,44,66H,4-6,8-9,11-14,19-20,25-26,29,32-40,42-43,45-65H2,1-3H3/b10-7-,17-15-,18-16-,23-21-,24-22-,28-27-,31-30-,44-41-. The minimum absolute atomic E-state index is 0.0803. The van der Waals surface area contributed by atoms with Crippen LogP contribution in [0.5, 0.6) is 0 Å². The van der Waals surface area contributed by atoms with Crippen molar-refractivity contribution in [3.8, 4) is 0 Å². The van der Waals surface area contributed by atoms with Crippen molar-refractivity contribution in [1.82, 2.24) is 0 Å². The highest BCUT2D eigenvalue weighted by atomic mass is 16.6. The molecule has 0 saturated heterocycles. The Morgan fingerprint density at radius 1 is 0.280 bits per heavy atom. The van der Waals surface area contributed by atoms with Crippen LogP contribution in [0.15, 0.2) is 97.2 Å². The van der Waals surface area contributed by atoms with E-state index in [1.807, 2.05) is 0 Å². The Balaban J connectivity index is 3.99. The number of rotatable bonds is 57. The first kappa shape index (κ1) is 71.3. The molecule has 6 nitrogen and oxygen atoms in total.